The van der Waals surface area contributed by atoms with Crippen molar-refractivity contribution < 1.29 is 22.7 Å². The number of fused-ring (bicyclic) bond motifs is 1. The molecular weight excluding hydrogens is 420 g/mol. The number of rotatable bonds is 6. The van der Waals surface area contributed by atoms with E-state index in [9.17, 15) is 13.2 Å². The van der Waals surface area contributed by atoms with E-state index in [0.717, 1.165) is 5.56 Å². The quantitative estimate of drug-likeness (QED) is 0.536. The summed E-state index contributed by atoms with van der Waals surface area (Å²) in [6.45, 7) is 2.07. The number of aryl methyl sites for hydroxylation is 1. The number of benzene rings is 2. The van der Waals surface area contributed by atoms with Crippen molar-refractivity contribution in [2.45, 2.75) is 23.7 Å². The predicted octanol–water partition coefficient (Wildman–Crippen LogP) is 2.56. The fourth-order valence-corrected chi connectivity index (χ4v) is 5.31. The lowest BCUT2D eigenvalue weighted by molar-refractivity contribution is 0.102. The van der Waals surface area contributed by atoms with E-state index in [1.54, 1.807) is 36.4 Å². The van der Waals surface area contributed by atoms with Crippen LogP contribution in [0.5, 0.6) is 11.5 Å². The highest BCUT2D eigenvalue weighted by molar-refractivity contribution is 7.91. The normalized spacial score (nSPS) is 15.4. The van der Waals surface area contributed by atoms with Gasteiger partial charge in [0, 0.05) is 12.1 Å². The first-order valence-corrected chi connectivity index (χ1v) is 11.0. The Morgan fingerprint density at radius 3 is 2.45 bits per heavy atom. The highest BCUT2D eigenvalue weighted by atomic mass is 32.2. The van der Waals surface area contributed by atoms with E-state index in [1.807, 2.05) is 13.0 Å². The van der Waals surface area contributed by atoms with Crippen molar-refractivity contribution in [2.24, 2.45) is 0 Å². The molecule has 0 fully saturated rings. The molecule has 1 atom stereocenters. The van der Waals surface area contributed by atoms with Gasteiger partial charge in [-0.15, -0.1) is 0 Å². The van der Waals surface area contributed by atoms with Crippen LogP contribution in [0.3, 0.4) is 0 Å². The molecule has 2 heterocycles. The summed E-state index contributed by atoms with van der Waals surface area (Å²) in [5, 5.41) is 11.7. The van der Waals surface area contributed by atoms with Gasteiger partial charge in [0.2, 0.25) is 0 Å². The molecule has 3 aromatic rings. The van der Waals surface area contributed by atoms with Gasteiger partial charge in [-0.05, 0) is 36.8 Å². The third-order valence-corrected chi connectivity index (χ3v) is 7.07. The number of nitrogens with zero attached hydrogens (tertiary/aromatic N) is 1. The van der Waals surface area contributed by atoms with Crippen LogP contribution < -0.4 is 20.1 Å². The van der Waals surface area contributed by atoms with Crippen molar-refractivity contribution in [1.82, 2.24) is 15.5 Å². The minimum atomic E-state index is -3.70. The van der Waals surface area contributed by atoms with E-state index in [0.29, 0.717) is 22.8 Å². The summed E-state index contributed by atoms with van der Waals surface area (Å²) in [4.78, 5) is 13.2. The summed E-state index contributed by atoms with van der Waals surface area (Å²) < 4.78 is 36.8. The van der Waals surface area contributed by atoms with Crippen LogP contribution >= 0.6 is 0 Å². The largest absolute Gasteiger partial charge is 0.496 e. The SMILES string of the molecule is COc1cccc(OC)c1C(=O)Nc1n[nH]c2c1CNC2S(=O)(=O)c1cccc(C)c1. The van der Waals surface area contributed by atoms with Crippen LogP contribution in [-0.2, 0) is 16.4 Å². The number of sulfone groups is 1. The number of aromatic amines is 1. The molecule has 0 spiro atoms. The van der Waals surface area contributed by atoms with E-state index >= 15 is 0 Å². The number of carbonyl (C=O) groups is 1. The van der Waals surface area contributed by atoms with Crippen LogP contribution in [0.2, 0.25) is 0 Å². The number of amides is 1. The topological polar surface area (TPSA) is 122 Å². The number of anilines is 1. The van der Waals surface area contributed by atoms with Crippen LogP contribution in [0.4, 0.5) is 5.82 Å². The number of methoxy groups -OCH3 is 2. The van der Waals surface area contributed by atoms with Gasteiger partial charge in [0.25, 0.3) is 5.91 Å². The maximum absolute atomic E-state index is 13.1. The molecule has 3 N–H and O–H groups in total. The molecule has 0 saturated carbocycles. The van der Waals surface area contributed by atoms with Gasteiger partial charge in [-0.2, -0.15) is 5.10 Å². The smallest absolute Gasteiger partial charge is 0.264 e. The van der Waals surface area contributed by atoms with Crippen molar-refractivity contribution in [2.75, 3.05) is 19.5 Å². The molecule has 1 unspecified atom stereocenters. The maximum Gasteiger partial charge on any atom is 0.264 e. The molecule has 0 aliphatic carbocycles. The van der Waals surface area contributed by atoms with Crippen molar-refractivity contribution in [3.63, 3.8) is 0 Å². The van der Waals surface area contributed by atoms with E-state index in [4.69, 9.17) is 9.47 Å². The van der Waals surface area contributed by atoms with Crippen molar-refractivity contribution in [3.05, 3.63) is 64.8 Å². The first kappa shape index (κ1) is 20.9. The molecule has 1 aliphatic rings. The summed E-state index contributed by atoms with van der Waals surface area (Å²) in [7, 11) is -0.777. The molecule has 0 saturated heterocycles. The van der Waals surface area contributed by atoms with Crippen molar-refractivity contribution in [1.29, 1.82) is 0 Å². The molecular formula is C21H22N4O5S. The lowest BCUT2D eigenvalue weighted by atomic mass is 10.1. The fourth-order valence-electron chi connectivity index (χ4n) is 3.61. The Labute approximate surface area is 179 Å². The Kier molecular flexibility index (Phi) is 5.42. The van der Waals surface area contributed by atoms with Crippen LogP contribution in [0.25, 0.3) is 0 Å². The Balaban J connectivity index is 1.64. The second-order valence-corrected chi connectivity index (χ2v) is 9.11. The third-order valence-electron chi connectivity index (χ3n) is 5.14. The molecule has 0 bridgehead atoms. The Bertz CT molecular complexity index is 1230. The van der Waals surface area contributed by atoms with Crippen molar-refractivity contribution >= 4 is 21.6 Å². The summed E-state index contributed by atoms with van der Waals surface area (Å²) in [5.41, 5.74) is 2.06. The van der Waals surface area contributed by atoms with Gasteiger partial charge >= 0.3 is 0 Å². The predicted molar refractivity (Wildman–Crippen MR) is 114 cm³/mol. The number of hydrogen-bond acceptors (Lipinski definition) is 7. The lowest BCUT2D eigenvalue weighted by Crippen LogP contribution is -2.23. The number of ether oxygens (including phenoxy) is 2. The summed E-state index contributed by atoms with van der Waals surface area (Å²) in [6.07, 6.45) is 0. The average Bonchev–Trinajstić information content (AvgIpc) is 3.36. The zero-order valence-electron chi connectivity index (χ0n) is 17.2. The Hall–Kier alpha value is -3.37. The molecule has 162 valence electrons. The Morgan fingerprint density at radius 2 is 1.81 bits per heavy atom. The van der Waals surface area contributed by atoms with Gasteiger partial charge < -0.3 is 14.8 Å². The van der Waals surface area contributed by atoms with Crippen LogP contribution in [-0.4, -0.2) is 38.7 Å². The highest BCUT2D eigenvalue weighted by Gasteiger charge is 2.38. The molecule has 1 amide bonds. The van der Waals surface area contributed by atoms with Crippen LogP contribution in [0.15, 0.2) is 47.4 Å². The van der Waals surface area contributed by atoms with Crippen molar-refractivity contribution in [3.8, 4) is 11.5 Å². The molecule has 10 heteroatoms. The summed E-state index contributed by atoms with van der Waals surface area (Å²) >= 11 is 0. The molecule has 1 aromatic heterocycles. The number of aromatic nitrogens is 2. The fraction of sp³-hybridized carbons (Fsp3) is 0.238. The zero-order chi connectivity index (χ0) is 22.2. The van der Waals surface area contributed by atoms with E-state index in [1.165, 1.54) is 14.2 Å². The summed E-state index contributed by atoms with van der Waals surface area (Å²) in [6, 6.07) is 11.7. The second kappa shape index (κ2) is 8.05. The van der Waals surface area contributed by atoms with E-state index < -0.39 is 21.1 Å². The summed E-state index contributed by atoms with van der Waals surface area (Å²) in [5.74, 6) is 0.472. The Morgan fingerprint density at radius 1 is 1.13 bits per heavy atom. The number of nitrogens with one attached hydrogen (secondary N) is 3. The minimum absolute atomic E-state index is 0.219. The average molecular weight is 442 g/mol. The monoisotopic (exact) mass is 442 g/mol. The number of H-pyrrole nitrogens is 1. The molecule has 1 aliphatic heterocycles. The van der Waals surface area contributed by atoms with Gasteiger partial charge in [0.15, 0.2) is 21.0 Å². The molecule has 4 rings (SSSR count). The van der Waals surface area contributed by atoms with Gasteiger partial charge in [-0.25, -0.2) is 8.42 Å². The van der Waals surface area contributed by atoms with E-state index in [2.05, 4.69) is 20.8 Å². The highest BCUT2D eigenvalue weighted by Crippen LogP contribution is 2.36. The first-order valence-electron chi connectivity index (χ1n) is 9.50. The van der Waals surface area contributed by atoms with Gasteiger partial charge in [-0.1, -0.05) is 18.2 Å². The first-order chi connectivity index (χ1) is 14.9. The molecule has 31 heavy (non-hydrogen) atoms. The molecule has 9 nitrogen and oxygen atoms in total. The van der Waals surface area contributed by atoms with Crippen LogP contribution in [0, 0.1) is 6.92 Å². The minimum Gasteiger partial charge on any atom is -0.496 e. The maximum atomic E-state index is 13.1. The molecule has 0 radical (unpaired) electrons. The van der Waals surface area contributed by atoms with Gasteiger partial charge in [0.1, 0.15) is 17.1 Å². The van der Waals surface area contributed by atoms with Gasteiger partial charge in [0.05, 0.1) is 24.8 Å². The second-order valence-electron chi connectivity index (χ2n) is 7.08. The zero-order valence-corrected chi connectivity index (χ0v) is 18.0. The standard InChI is InChI=1S/C21H22N4O5S/c1-12-6-4-7-13(10-12)31(27,28)21-18-14(11-22-21)19(25-24-18)23-20(26)17-15(29-2)8-5-9-16(17)30-3/h4-10,21-22H,11H2,1-3H3,(H2,23,24,25,26). The molecule has 2 aromatic carbocycles. The van der Waals surface area contributed by atoms with Crippen LogP contribution in [0.1, 0.15) is 32.6 Å². The third kappa shape index (κ3) is 3.64. The number of hydrogen-bond donors (Lipinski definition) is 3. The lowest BCUT2D eigenvalue weighted by Gasteiger charge is -2.12. The van der Waals surface area contributed by atoms with Gasteiger partial charge in [-0.3, -0.25) is 15.2 Å². The van der Waals surface area contributed by atoms with E-state index in [-0.39, 0.29) is 22.8 Å². The number of carbonyl (C=O) groups excluding carboxylic acids is 1.